The summed E-state index contributed by atoms with van der Waals surface area (Å²) in [6.07, 6.45) is 1.85. The number of rotatable bonds is 7. The van der Waals surface area contributed by atoms with Crippen molar-refractivity contribution in [2.24, 2.45) is 0 Å². The highest BCUT2D eigenvalue weighted by atomic mass is 32.1. The van der Waals surface area contributed by atoms with Crippen LogP contribution < -0.4 is 10.1 Å². The molecule has 0 aliphatic carbocycles. The van der Waals surface area contributed by atoms with E-state index in [1.54, 1.807) is 7.11 Å². The zero-order chi connectivity index (χ0) is 24.4. The SMILES string of the molecule is COc1ccc(CN2C(=S)N[C@@H](c3ccccn3)[C@H]2c2cc(C)n(Cc3ccccc3)c2C)cc1. The predicted molar refractivity (Wildman–Crippen MR) is 143 cm³/mol. The van der Waals surface area contributed by atoms with E-state index in [9.17, 15) is 0 Å². The number of nitrogens with one attached hydrogen (secondary N) is 1. The number of methoxy groups -OCH3 is 1. The molecule has 0 bridgehead atoms. The highest BCUT2D eigenvalue weighted by molar-refractivity contribution is 7.80. The minimum atomic E-state index is -0.0346. The third kappa shape index (κ3) is 4.66. The lowest BCUT2D eigenvalue weighted by Gasteiger charge is -2.28. The van der Waals surface area contributed by atoms with Crippen molar-refractivity contribution >= 4 is 17.3 Å². The van der Waals surface area contributed by atoms with Crippen molar-refractivity contribution in [3.05, 3.63) is 119 Å². The summed E-state index contributed by atoms with van der Waals surface area (Å²) in [6, 6.07) is 27.2. The third-order valence-electron chi connectivity index (χ3n) is 6.82. The van der Waals surface area contributed by atoms with E-state index in [2.05, 4.69) is 88.2 Å². The van der Waals surface area contributed by atoms with Gasteiger partial charge < -0.3 is 19.5 Å². The Morgan fingerprint density at radius 1 is 0.914 bits per heavy atom. The van der Waals surface area contributed by atoms with Crippen LogP contribution in [0, 0.1) is 13.8 Å². The lowest BCUT2D eigenvalue weighted by Crippen LogP contribution is -2.29. The summed E-state index contributed by atoms with van der Waals surface area (Å²) >= 11 is 5.89. The van der Waals surface area contributed by atoms with E-state index in [1.807, 2.05) is 30.5 Å². The molecule has 5 rings (SSSR count). The topological polar surface area (TPSA) is 42.3 Å². The van der Waals surface area contributed by atoms with E-state index in [0.717, 1.165) is 23.1 Å². The van der Waals surface area contributed by atoms with Gasteiger partial charge in [-0.25, -0.2) is 0 Å². The quantitative estimate of drug-likeness (QED) is 0.341. The monoisotopic (exact) mass is 482 g/mol. The van der Waals surface area contributed by atoms with Crippen LogP contribution >= 0.6 is 12.2 Å². The molecule has 1 fully saturated rings. The summed E-state index contributed by atoms with van der Waals surface area (Å²) in [5, 5.41) is 4.32. The van der Waals surface area contributed by atoms with Crippen LogP contribution in [-0.2, 0) is 13.1 Å². The molecule has 0 spiro atoms. The predicted octanol–water partition coefficient (Wildman–Crippen LogP) is 5.73. The number of aryl methyl sites for hydroxylation is 1. The number of nitrogens with zero attached hydrogens (tertiary/aromatic N) is 3. The largest absolute Gasteiger partial charge is 0.497 e. The summed E-state index contributed by atoms with van der Waals surface area (Å²) in [6.45, 7) is 5.94. The molecule has 1 saturated heterocycles. The standard InChI is InChI=1S/C29H30N4OS/c1-20-17-25(21(2)32(20)18-22-9-5-4-6-10-22)28-27(26-11-7-8-16-30-26)31-29(35)33(28)19-23-12-14-24(34-3)15-13-23/h4-17,27-28H,18-19H2,1-3H3,(H,31,35)/t27-,28+/m0/s1. The van der Waals surface area contributed by atoms with E-state index in [0.29, 0.717) is 6.54 Å². The van der Waals surface area contributed by atoms with Crippen molar-refractivity contribution in [3.63, 3.8) is 0 Å². The van der Waals surface area contributed by atoms with E-state index in [4.69, 9.17) is 17.0 Å². The summed E-state index contributed by atoms with van der Waals surface area (Å²) in [7, 11) is 1.69. The number of ether oxygens (including phenoxy) is 1. The summed E-state index contributed by atoms with van der Waals surface area (Å²) < 4.78 is 7.74. The van der Waals surface area contributed by atoms with Crippen molar-refractivity contribution < 1.29 is 4.74 Å². The molecule has 1 N–H and O–H groups in total. The van der Waals surface area contributed by atoms with Crippen LogP contribution in [0.25, 0.3) is 0 Å². The molecule has 2 atom stereocenters. The molecule has 1 aliphatic heterocycles. The molecular formula is C29H30N4OS. The molecule has 2 aromatic heterocycles. The lowest BCUT2D eigenvalue weighted by molar-refractivity contribution is 0.309. The van der Waals surface area contributed by atoms with E-state index < -0.39 is 0 Å². The summed E-state index contributed by atoms with van der Waals surface area (Å²) in [5.74, 6) is 0.850. The fourth-order valence-corrected chi connectivity index (χ4v) is 5.28. The number of aromatic nitrogens is 2. The first-order valence-electron chi connectivity index (χ1n) is 11.9. The van der Waals surface area contributed by atoms with Crippen molar-refractivity contribution in [3.8, 4) is 5.75 Å². The molecule has 0 saturated carbocycles. The van der Waals surface area contributed by atoms with Crippen molar-refractivity contribution in [2.75, 3.05) is 7.11 Å². The van der Waals surface area contributed by atoms with Crippen LogP contribution in [0.4, 0.5) is 0 Å². The molecule has 35 heavy (non-hydrogen) atoms. The Labute approximate surface area is 212 Å². The van der Waals surface area contributed by atoms with Gasteiger partial charge in [0.15, 0.2) is 5.11 Å². The maximum Gasteiger partial charge on any atom is 0.170 e. The molecule has 0 radical (unpaired) electrons. The molecule has 4 aromatic rings. The van der Waals surface area contributed by atoms with Crippen LogP contribution in [0.1, 0.15) is 45.9 Å². The second kappa shape index (κ2) is 9.92. The van der Waals surface area contributed by atoms with Gasteiger partial charge in [0.2, 0.25) is 0 Å². The minimum absolute atomic E-state index is 0.0234. The molecule has 0 amide bonds. The second-order valence-corrected chi connectivity index (χ2v) is 9.39. The van der Waals surface area contributed by atoms with Crippen molar-refractivity contribution in [1.82, 2.24) is 19.8 Å². The van der Waals surface area contributed by atoms with Gasteiger partial charge in [0.25, 0.3) is 0 Å². The van der Waals surface area contributed by atoms with E-state index >= 15 is 0 Å². The van der Waals surface area contributed by atoms with E-state index in [-0.39, 0.29) is 12.1 Å². The van der Waals surface area contributed by atoms with Crippen LogP contribution in [0.15, 0.2) is 85.1 Å². The van der Waals surface area contributed by atoms with Gasteiger partial charge >= 0.3 is 0 Å². The molecular weight excluding hydrogens is 452 g/mol. The van der Waals surface area contributed by atoms with Gasteiger partial charge in [-0.2, -0.15) is 0 Å². The molecule has 6 heteroatoms. The highest BCUT2D eigenvalue weighted by Gasteiger charge is 2.41. The summed E-state index contributed by atoms with van der Waals surface area (Å²) in [4.78, 5) is 6.99. The fraction of sp³-hybridized carbons (Fsp3) is 0.241. The van der Waals surface area contributed by atoms with Gasteiger partial charge in [0.05, 0.1) is 24.9 Å². The molecule has 1 aliphatic rings. The smallest absolute Gasteiger partial charge is 0.170 e. The third-order valence-corrected chi connectivity index (χ3v) is 7.18. The number of pyridine rings is 1. The zero-order valence-electron chi connectivity index (χ0n) is 20.3. The Hall–Kier alpha value is -3.64. The van der Waals surface area contributed by atoms with Gasteiger partial charge in [-0.3, -0.25) is 4.98 Å². The molecule has 2 aromatic carbocycles. The maximum absolute atomic E-state index is 5.89. The average Bonchev–Trinajstić information content (AvgIpc) is 3.36. The van der Waals surface area contributed by atoms with Gasteiger partial charge in [-0.15, -0.1) is 0 Å². The first kappa shape index (κ1) is 23.1. The fourth-order valence-electron chi connectivity index (χ4n) is 4.98. The Kier molecular flexibility index (Phi) is 6.55. The average molecular weight is 483 g/mol. The number of hydrogen-bond acceptors (Lipinski definition) is 3. The Bertz CT molecular complexity index is 1300. The van der Waals surface area contributed by atoms with Crippen LogP contribution in [-0.4, -0.2) is 26.7 Å². The second-order valence-electron chi connectivity index (χ2n) is 9.00. The number of benzene rings is 2. The lowest BCUT2D eigenvalue weighted by atomic mass is 9.96. The molecule has 178 valence electrons. The molecule has 3 heterocycles. The van der Waals surface area contributed by atoms with Crippen LogP contribution in [0.3, 0.4) is 0 Å². The maximum atomic E-state index is 5.89. The first-order valence-corrected chi connectivity index (χ1v) is 12.3. The normalized spacial score (nSPS) is 17.5. The molecule has 0 unspecified atom stereocenters. The van der Waals surface area contributed by atoms with E-state index in [1.165, 1.54) is 28.1 Å². The Morgan fingerprint density at radius 3 is 2.31 bits per heavy atom. The first-order chi connectivity index (χ1) is 17.0. The van der Waals surface area contributed by atoms with Gasteiger partial charge in [0.1, 0.15) is 5.75 Å². The Morgan fingerprint density at radius 2 is 1.63 bits per heavy atom. The van der Waals surface area contributed by atoms with Crippen LogP contribution in [0.5, 0.6) is 5.75 Å². The number of hydrogen-bond donors (Lipinski definition) is 1. The van der Waals surface area contributed by atoms with Gasteiger partial charge in [0, 0.05) is 30.7 Å². The summed E-state index contributed by atoms with van der Waals surface area (Å²) in [5.41, 5.74) is 7.23. The van der Waals surface area contributed by atoms with Crippen molar-refractivity contribution in [1.29, 1.82) is 0 Å². The zero-order valence-corrected chi connectivity index (χ0v) is 21.1. The van der Waals surface area contributed by atoms with Crippen LogP contribution in [0.2, 0.25) is 0 Å². The van der Waals surface area contributed by atoms with Gasteiger partial charge in [-0.05, 0) is 73.1 Å². The Balaban J connectivity index is 1.54. The minimum Gasteiger partial charge on any atom is -0.497 e. The highest BCUT2D eigenvalue weighted by Crippen LogP contribution is 2.41. The van der Waals surface area contributed by atoms with Gasteiger partial charge in [-0.1, -0.05) is 48.5 Å². The van der Waals surface area contributed by atoms with Crippen molar-refractivity contribution in [2.45, 2.75) is 39.0 Å². The molecule has 5 nitrogen and oxygen atoms in total. The number of thiocarbonyl (C=S) groups is 1.